The van der Waals surface area contributed by atoms with E-state index in [1.807, 2.05) is 11.8 Å². The van der Waals surface area contributed by atoms with Crippen molar-refractivity contribution in [3.63, 3.8) is 0 Å². The first-order valence-electron chi connectivity index (χ1n) is 5.21. The topological polar surface area (TPSA) is 32.6 Å². The fourth-order valence-electron chi connectivity index (χ4n) is 1.81. The summed E-state index contributed by atoms with van der Waals surface area (Å²) in [5.74, 6) is 1.11. The van der Waals surface area contributed by atoms with Gasteiger partial charge < -0.3 is 5.21 Å². The van der Waals surface area contributed by atoms with Crippen LogP contribution in [0.3, 0.4) is 0 Å². The summed E-state index contributed by atoms with van der Waals surface area (Å²) in [4.78, 5) is 0. The lowest BCUT2D eigenvalue weighted by atomic mass is 9.99. The standard InChI is InChI=1S/C10H19NOS/c1-2-13-10-8-6-4-3-5-7-9(10)11-12/h10,12H,2-8H2,1H3/b11-9+. The highest BCUT2D eigenvalue weighted by molar-refractivity contribution is 8.00. The number of hydrogen-bond acceptors (Lipinski definition) is 3. The normalized spacial score (nSPS) is 28.4. The molecule has 1 N–H and O–H groups in total. The zero-order valence-corrected chi connectivity index (χ0v) is 9.15. The summed E-state index contributed by atoms with van der Waals surface area (Å²) in [7, 11) is 0. The lowest BCUT2D eigenvalue weighted by molar-refractivity contribution is 0.315. The molecule has 1 aliphatic carbocycles. The van der Waals surface area contributed by atoms with Crippen molar-refractivity contribution in [3.05, 3.63) is 0 Å². The summed E-state index contributed by atoms with van der Waals surface area (Å²) >= 11 is 1.92. The van der Waals surface area contributed by atoms with Crippen molar-refractivity contribution in [2.75, 3.05) is 5.75 Å². The summed E-state index contributed by atoms with van der Waals surface area (Å²) < 4.78 is 0. The molecule has 2 nitrogen and oxygen atoms in total. The molecule has 0 amide bonds. The van der Waals surface area contributed by atoms with E-state index in [-0.39, 0.29) is 0 Å². The van der Waals surface area contributed by atoms with Gasteiger partial charge in [-0.15, -0.1) is 0 Å². The Hall–Kier alpha value is -0.180. The average molecular weight is 201 g/mol. The van der Waals surface area contributed by atoms with Gasteiger partial charge in [0.1, 0.15) is 0 Å². The Kier molecular flexibility index (Phi) is 5.28. The second-order valence-electron chi connectivity index (χ2n) is 3.49. The van der Waals surface area contributed by atoms with Gasteiger partial charge in [-0.1, -0.05) is 31.3 Å². The maximum absolute atomic E-state index is 8.88. The lowest BCUT2D eigenvalue weighted by Gasteiger charge is -2.19. The van der Waals surface area contributed by atoms with Crippen molar-refractivity contribution in [1.82, 2.24) is 0 Å². The first-order chi connectivity index (χ1) is 6.38. The van der Waals surface area contributed by atoms with Crippen molar-refractivity contribution >= 4 is 17.5 Å². The number of rotatable bonds is 2. The van der Waals surface area contributed by atoms with Gasteiger partial charge in [-0.3, -0.25) is 0 Å². The maximum Gasteiger partial charge on any atom is 0.0700 e. The largest absolute Gasteiger partial charge is 0.411 e. The van der Waals surface area contributed by atoms with E-state index in [4.69, 9.17) is 5.21 Å². The van der Waals surface area contributed by atoms with E-state index in [0.717, 1.165) is 17.9 Å². The highest BCUT2D eigenvalue weighted by atomic mass is 32.2. The number of nitrogens with zero attached hydrogens (tertiary/aromatic N) is 1. The van der Waals surface area contributed by atoms with E-state index >= 15 is 0 Å². The smallest absolute Gasteiger partial charge is 0.0700 e. The third-order valence-corrected chi connectivity index (χ3v) is 3.76. The summed E-state index contributed by atoms with van der Waals surface area (Å²) in [5, 5.41) is 12.8. The predicted molar refractivity (Wildman–Crippen MR) is 58.8 cm³/mol. The molecule has 0 aromatic carbocycles. The molecule has 0 saturated heterocycles. The molecule has 13 heavy (non-hydrogen) atoms. The molecule has 1 atom stereocenters. The molecular formula is C10H19NOS. The van der Waals surface area contributed by atoms with Gasteiger partial charge in [0, 0.05) is 5.25 Å². The molecule has 3 heteroatoms. The molecule has 0 aromatic rings. The van der Waals surface area contributed by atoms with Crippen molar-refractivity contribution in [1.29, 1.82) is 0 Å². The van der Waals surface area contributed by atoms with Crippen LogP contribution in [-0.4, -0.2) is 21.9 Å². The van der Waals surface area contributed by atoms with Gasteiger partial charge in [0.15, 0.2) is 0 Å². The third kappa shape index (κ3) is 3.59. The third-order valence-electron chi connectivity index (χ3n) is 2.52. The van der Waals surface area contributed by atoms with Gasteiger partial charge >= 0.3 is 0 Å². The number of oxime groups is 1. The van der Waals surface area contributed by atoms with Crippen LogP contribution in [0.25, 0.3) is 0 Å². The van der Waals surface area contributed by atoms with Crippen LogP contribution < -0.4 is 0 Å². The van der Waals surface area contributed by atoms with Gasteiger partial charge in [-0.2, -0.15) is 11.8 Å². The molecule has 0 aromatic heterocycles. The van der Waals surface area contributed by atoms with Gasteiger partial charge in [-0.25, -0.2) is 0 Å². The summed E-state index contributed by atoms with van der Waals surface area (Å²) in [6.45, 7) is 2.17. The van der Waals surface area contributed by atoms with Crippen LogP contribution >= 0.6 is 11.8 Å². The average Bonchev–Trinajstić information content (AvgIpc) is 2.10. The van der Waals surface area contributed by atoms with Crippen LogP contribution in [0, 0.1) is 0 Å². The number of hydrogen-bond donors (Lipinski definition) is 1. The van der Waals surface area contributed by atoms with Gasteiger partial charge in [0.05, 0.1) is 5.71 Å². The van der Waals surface area contributed by atoms with E-state index in [2.05, 4.69) is 12.1 Å². The SMILES string of the molecule is CCSC1CCCCCC/C1=N\O. The molecule has 1 rings (SSSR count). The fourth-order valence-corrected chi connectivity index (χ4v) is 2.91. The minimum atomic E-state index is 0.482. The Labute approximate surface area is 84.8 Å². The zero-order chi connectivity index (χ0) is 9.52. The molecule has 1 saturated carbocycles. The van der Waals surface area contributed by atoms with Crippen LogP contribution in [0.2, 0.25) is 0 Å². The molecule has 0 heterocycles. The number of thioether (sulfide) groups is 1. The van der Waals surface area contributed by atoms with Crippen LogP contribution in [0.4, 0.5) is 0 Å². The zero-order valence-electron chi connectivity index (χ0n) is 8.33. The monoisotopic (exact) mass is 201 g/mol. The van der Waals surface area contributed by atoms with E-state index in [9.17, 15) is 0 Å². The van der Waals surface area contributed by atoms with Crippen molar-refractivity contribution in [2.24, 2.45) is 5.16 Å². The Morgan fingerprint density at radius 2 is 2.15 bits per heavy atom. The lowest BCUT2D eigenvalue weighted by Crippen LogP contribution is -2.19. The molecule has 0 radical (unpaired) electrons. The predicted octanol–water partition coefficient (Wildman–Crippen LogP) is 3.29. The van der Waals surface area contributed by atoms with E-state index < -0.39 is 0 Å². The molecule has 1 unspecified atom stereocenters. The Balaban J connectivity index is 2.50. The summed E-state index contributed by atoms with van der Waals surface area (Å²) in [5.41, 5.74) is 1.02. The molecule has 1 fully saturated rings. The van der Waals surface area contributed by atoms with Gasteiger partial charge in [0.2, 0.25) is 0 Å². The molecule has 76 valence electrons. The second kappa shape index (κ2) is 6.30. The van der Waals surface area contributed by atoms with Crippen LogP contribution in [0.1, 0.15) is 45.4 Å². The second-order valence-corrected chi connectivity index (χ2v) is 4.97. The first-order valence-corrected chi connectivity index (χ1v) is 6.25. The van der Waals surface area contributed by atoms with E-state index in [1.54, 1.807) is 0 Å². The minimum absolute atomic E-state index is 0.482. The summed E-state index contributed by atoms with van der Waals surface area (Å²) in [6.07, 6.45) is 7.31. The molecule has 0 spiro atoms. The van der Waals surface area contributed by atoms with E-state index in [1.165, 1.54) is 32.1 Å². The highest BCUT2D eigenvalue weighted by Gasteiger charge is 2.17. The molecular weight excluding hydrogens is 182 g/mol. The van der Waals surface area contributed by atoms with Crippen molar-refractivity contribution < 1.29 is 5.21 Å². The van der Waals surface area contributed by atoms with Crippen molar-refractivity contribution in [2.45, 2.75) is 50.7 Å². The Morgan fingerprint density at radius 1 is 1.38 bits per heavy atom. The Morgan fingerprint density at radius 3 is 2.85 bits per heavy atom. The molecule has 1 aliphatic rings. The first kappa shape index (κ1) is 10.9. The maximum atomic E-state index is 8.88. The van der Waals surface area contributed by atoms with Gasteiger partial charge in [0.25, 0.3) is 0 Å². The van der Waals surface area contributed by atoms with Crippen LogP contribution in [-0.2, 0) is 0 Å². The molecule has 0 bridgehead atoms. The van der Waals surface area contributed by atoms with Crippen LogP contribution in [0.15, 0.2) is 5.16 Å². The fraction of sp³-hybridized carbons (Fsp3) is 0.900. The van der Waals surface area contributed by atoms with E-state index in [0.29, 0.717) is 5.25 Å². The summed E-state index contributed by atoms with van der Waals surface area (Å²) in [6, 6.07) is 0. The van der Waals surface area contributed by atoms with Crippen molar-refractivity contribution in [3.8, 4) is 0 Å². The Bertz CT molecular complexity index is 170. The van der Waals surface area contributed by atoms with Gasteiger partial charge in [-0.05, 0) is 25.0 Å². The van der Waals surface area contributed by atoms with Crippen LogP contribution in [0.5, 0.6) is 0 Å². The quantitative estimate of drug-likeness (QED) is 0.549. The molecule has 0 aliphatic heterocycles. The minimum Gasteiger partial charge on any atom is -0.411 e. The highest BCUT2D eigenvalue weighted by Crippen LogP contribution is 2.24.